The number of anilines is 1. The predicted octanol–water partition coefficient (Wildman–Crippen LogP) is 3.06. The number of aromatic nitrogens is 2. The number of aryl methyl sites for hydroxylation is 1. The standard InChI is InChI=1S/C18H25N3O4/c1-12(2)21-16(8-9-19-21)20-17(22)7-6-13-10-14(23-3)18(25-5)15(11-13)24-4/h8-12H,6-7H2,1-5H3,(H,20,22). The van der Waals surface area contributed by atoms with Crippen LogP contribution in [-0.4, -0.2) is 37.0 Å². The summed E-state index contributed by atoms with van der Waals surface area (Å²) in [5, 5.41) is 7.10. The van der Waals surface area contributed by atoms with Crippen molar-refractivity contribution in [3.8, 4) is 17.2 Å². The lowest BCUT2D eigenvalue weighted by Crippen LogP contribution is -2.17. The molecular formula is C18H25N3O4. The van der Waals surface area contributed by atoms with Crippen LogP contribution in [0.4, 0.5) is 5.82 Å². The Morgan fingerprint density at radius 1 is 1.16 bits per heavy atom. The Labute approximate surface area is 147 Å². The maximum Gasteiger partial charge on any atom is 0.225 e. The fraction of sp³-hybridized carbons (Fsp3) is 0.444. The molecule has 0 bridgehead atoms. The van der Waals surface area contributed by atoms with E-state index in [-0.39, 0.29) is 11.9 Å². The van der Waals surface area contributed by atoms with Crippen molar-refractivity contribution in [2.75, 3.05) is 26.6 Å². The van der Waals surface area contributed by atoms with E-state index in [0.29, 0.717) is 35.9 Å². The summed E-state index contributed by atoms with van der Waals surface area (Å²) in [5.74, 6) is 2.32. The minimum absolute atomic E-state index is 0.0730. The summed E-state index contributed by atoms with van der Waals surface area (Å²) in [4.78, 5) is 12.3. The van der Waals surface area contributed by atoms with E-state index in [2.05, 4.69) is 10.4 Å². The molecule has 1 amide bonds. The third-order valence-electron chi connectivity index (χ3n) is 3.79. The average molecular weight is 347 g/mol. The fourth-order valence-electron chi connectivity index (χ4n) is 2.57. The van der Waals surface area contributed by atoms with Gasteiger partial charge in [-0.1, -0.05) is 0 Å². The van der Waals surface area contributed by atoms with Crippen LogP contribution in [0.1, 0.15) is 31.9 Å². The van der Waals surface area contributed by atoms with Gasteiger partial charge in [-0.05, 0) is 38.0 Å². The van der Waals surface area contributed by atoms with E-state index < -0.39 is 0 Å². The Kier molecular flexibility index (Phi) is 6.27. The summed E-state index contributed by atoms with van der Waals surface area (Å²) >= 11 is 0. The van der Waals surface area contributed by atoms with Crippen LogP contribution in [0.3, 0.4) is 0 Å². The fourth-order valence-corrected chi connectivity index (χ4v) is 2.57. The Hall–Kier alpha value is -2.70. The number of carbonyl (C=O) groups excluding carboxylic acids is 1. The SMILES string of the molecule is COc1cc(CCC(=O)Nc2ccnn2C(C)C)cc(OC)c1OC. The molecule has 1 aromatic carbocycles. The topological polar surface area (TPSA) is 74.6 Å². The first-order chi connectivity index (χ1) is 12.0. The first kappa shape index (κ1) is 18.6. The van der Waals surface area contributed by atoms with Crippen LogP contribution < -0.4 is 19.5 Å². The van der Waals surface area contributed by atoms with Crippen LogP contribution in [0.2, 0.25) is 0 Å². The molecule has 136 valence electrons. The first-order valence-corrected chi connectivity index (χ1v) is 8.12. The first-order valence-electron chi connectivity index (χ1n) is 8.12. The van der Waals surface area contributed by atoms with Gasteiger partial charge in [-0.25, -0.2) is 4.68 Å². The van der Waals surface area contributed by atoms with Gasteiger partial charge >= 0.3 is 0 Å². The summed E-state index contributed by atoms with van der Waals surface area (Å²) in [7, 11) is 4.70. The number of methoxy groups -OCH3 is 3. The van der Waals surface area contributed by atoms with Crippen molar-refractivity contribution >= 4 is 11.7 Å². The van der Waals surface area contributed by atoms with Crippen LogP contribution in [0, 0.1) is 0 Å². The molecule has 0 saturated carbocycles. The molecule has 2 aromatic rings. The number of hydrogen-bond acceptors (Lipinski definition) is 5. The van der Waals surface area contributed by atoms with Gasteiger partial charge in [0.2, 0.25) is 11.7 Å². The number of ether oxygens (including phenoxy) is 3. The molecule has 7 heteroatoms. The second kappa shape index (κ2) is 8.41. The molecule has 25 heavy (non-hydrogen) atoms. The number of hydrogen-bond donors (Lipinski definition) is 1. The molecule has 1 N–H and O–H groups in total. The van der Waals surface area contributed by atoms with Crippen LogP contribution in [0.15, 0.2) is 24.4 Å². The number of carbonyl (C=O) groups is 1. The summed E-state index contributed by atoms with van der Waals surface area (Å²) in [6, 6.07) is 5.68. The number of nitrogens with one attached hydrogen (secondary N) is 1. The quantitative estimate of drug-likeness (QED) is 0.794. The minimum atomic E-state index is -0.0730. The molecule has 1 heterocycles. The van der Waals surface area contributed by atoms with Gasteiger partial charge < -0.3 is 19.5 Å². The van der Waals surface area contributed by atoms with Gasteiger partial charge in [-0.3, -0.25) is 4.79 Å². The summed E-state index contributed by atoms with van der Waals surface area (Å²) in [6.45, 7) is 4.02. The Morgan fingerprint density at radius 3 is 2.32 bits per heavy atom. The number of amides is 1. The van der Waals surface area contributed by atoms with Gasteiger partial charge in [0.1, 0.15) is 5.82 Å². The molecule has 0 saturated heterocycles. The van der Waals surface area contributed by atoms with Gasteiger partial charge in [0, 0.05) is 18.5 Å². The predicted molar refractivity (Wildman–Crippen MR) is 95.7 cm³/mol. The van der Waals surface area contributed by atoms with E-state index >= 15 is 0 Å². The van der Waals surface area contributed by atoms with Crippen molar-refractivity contribution < 1.29 is 19.0 Å². The number of nitrogens with zero attached hydrogens (tertiary/aromatic N) is 2. The van der Waals surface area contributed by atoms with Crippen LogP contribution >= 0.6 is 0 Å². The zero-order valence-electron chi connectivity index (χ0n) is 15.3. The zero-order valence-corrected chi connectivity index (χ0v) is 15.3. The van der Waals surface area contributed by atoms with E-state index in [1.54, 1.807) is 38.3 Å². The highest BCUT2D eigenvalue weighted by molar-refractivity contribution is 5.90. The summed E-state index contributed by atoms with van der Waals surface area (Å²) < 4.78 is 17.8. The lowest BCUT2D eigenvalue weighted by Gasteiger charge is -2.14. The maximum atomic E-state index is 12.3. The van der Waals surface area contributed by atoms with E-state index in [0.717, 1.165) is 5.56 Å². The number of rotatable bonds is 8. The normalized spacial score (nSPS) is 10.6. The van der Waals surface area contributed by atoms with Crippen LogP contribution in [-0.2, 0) is 11.2 Å². The van der Waals surface area contributed by atoms with Gasteiger partial charge in [-0.15, -0.1) is 0 Å². The average Bonchev–Trinajstić information content (AvgIpc) is 3.07. The molecule has 0 aliphatic carbocycles. The highest BCUT2D eigenvalue weighted by Crippen LogP contribution is 2.38. The van der Waals surface area contributed by atoms with Gasteiger partial charge in [0.15, 0.2) is 11.5 Å². The van der Waals surface area contributed by atoms with Crippen molar-refractivity contribution in [1.82, 2.24) is 9.78 Å². The third-order valence-corrected chi connectivity index (χ3v) is 3.79. The Morgan fingerprint density at radius 2 is 1.80 bits per heavy atom. The van der Waals surface area contributed by atoms with E-state index in [4.69, 9.17) is 14.2 Å². The van der Waals surface area contributed by atoms with Crippen molar-refractivity contribution in [3.63, 3.8) is 0 Å². The van der Waals surface area contributed by atoms with Crippen LogP contribution in [0.5, 0.6) is 17.2 Å². The molecule has 0 aliphatic rings. The minimum Gasteiger partial charge on any atom is -0.493 e. The van der Waals surface area contributed by atoms with Gasteiger partial charge in [0.05, 0.1) is 27.5 Å². The van der Waals surface area contributed by atoms with Crippen molar-refractivity contribution in [2.24, 2.45) is 0 Å². The highest BCUT2D eigenvalue weighted by Gasteiger charge is 2.14. The molecule has 1 aromatic heterocycles. The lowest BCUT2D eigenvalue weighted by molar-refractivity contribution is -0.116. The van der Waals surface area contributed by atoms with Crippen molar-refractivity contribution in [3.05, 3.63) is 30.0 Å². The molecule has 0 fully saturated rings. The van der Waals surface area contributed by atoms with Gasteiger partial charge in [-0.2, -0.15) is 5.10 Å². The van der Waals surface area contributed by atoms with Crippen LogP contribution in [0.25, 0.3) is 0 Å². The smallest absolute Gasteiger partial charge is 0.225 e. The zero-order chi connectivity index (χ0) is 18.4. The molecule has 2 rings (SSSR count). The lowest BCUT2D eigenvalue weighted by atomic mass is 10.1. The largest absolute Gasteiger partial charge is 0.493 e. The molecule has 0 spiro atoms. The molecule has 0 atom stereocenters. The molecular weight excluding hydrogens is 322 g/mol. The second-order valence-electron chi connectivity index (χ2n) is 5.84. The van der Waals surface area contributed by atoms with Gasteiger partial charge in [0.25, 0.3) is 0 Å². The van der Waals surface area contributed by atoms with Crippen molar-refractivity contribution in [1.29, 1.82) is 0 Å². The summed E-state index contributed by atoms with van der Waals surface area (Å²) in [5.41, 5.74) is 0.932. The molecule has 0 aliphatic heterocycles. The highest BCUT2D eigenvalue weighted by atomic mass is 16.5. The molecule has 0 unspecified atom stereocenters. The molecule has 7 nitrogen and oxygen atoms in total. The van der Waals surface area contributed by atoms with E-state index in [1.165, 1.54) is 0 Å². The Bertz CT molecular complexity index is 700. The van der Waals surface area contributed by atoms with E-state index in [1.807, 2.05) is 26.0 Å². The van der Waals surface area contributed by atoms with E-state index in [9.17, 15) is 4.79 Å². The third kappa shape index (κ3) is 4.43. The van der Waals surface area contributed by atoms with Crippen molar-refractivity contribution in [2.45, 2.75) is 32.7 Å². The maximum absolute atomic E-state index is 12.3. The number of benzene rings is 1. The second-order valence-corrected chi connectivity index (χ2v) is 5.84. The Balaban J connectivity index is 2.05. The monoisotopic (exact) mass is 347 g/mol. The molecule has 0 radical (unpaired) electrons. The summed E-state index contributed by atoms with van der Waals surface area (Å²) in [6.07, 6.45) is 2.56.